The molecule has 5 heteroatoms. The maximum atomic E-state index is 11.6. The van der Waals surface area contributed by atoms with Gasteiger partial charge in [-0.1, -0.05) is 41.6 Å². The number of carbonyl (C=O) groups is 1. The number of nitrogens with one attached hydrogen (secondary N) is 2. The highest BCUT2D eigenvalue weighted by atomic mass is 35.5. The quantitative estimate of drug-likeness (QED) is 0.584. The van der Waals surface area contributed by atoms with Crippen LogP contribution in [0.1, 0.15) is 18.4 Å². The number of hydrogen-bond donors (Lipinski definition) is 2. The van der Waals surface area contributed by atoms with E-state index in [1.807, 2.05) is 42.5 Å². The van der Waals surface area contributed by atoms with E-state index in [1.165, 1.54) is 0 Å². The van der Waals surface area contributed by atoms with E-state index >= 15 is 0 Å². The van der Waals surface area contributed by atoms with Crippen molar-refractivity contribution in [2.75, 3.05) is 19.7 Å². The largest absolute Gasteiger partial charge is 0.494 e. The first-order valence-corrected chi connectivity index (χ1v) is 8.56. The molecular formula is C20H21ClN2O2. The van der Waals surface area contributed by atoms with Gasteiger partial charge < -0.3 is 15.4 Å². The number of unbranched alkanes of at least 4 members (excludes halogenated alkanes) is 1. The zero-order chi connectivity index (χ0) is 17.7. The summed E-state index contributed by atoms with van der Waals surface area (Å²) >= 11 is 5.81. The van der Waals surface area contributed by atoms with Crippen LogP contribution in [-0.4, -0.2) is 25.7 Å². The van der Waals surface area contributed by atoms with Crippen molar-refractivity contribution < 1.29 is 9.53 Å². The maximum Gasteiger partial charge on any atom is 0.315 e. The van der Waals surface area contributed by atoms with Crippen LogP contribution in [-0.2, 0) is 0 Å². The molecule has 2 rings (SSSR count). The Morgan fingerprint density at radius 2 is 1.76 bits per heavy atom. The Balaban J connectivity index is 1.49. The van der Waals surface area contributed by atoms with Crippen LogP contribution < -0.4 is 15.4 Å². The third kappa shape index (κ3) is 8.14. The molecule has 4 nitrogen and oxygen atoms in total. The highest BCUT2D eigenvalue weighted by Gasteiger charge is 1.98. The average molecular weight is 357 g/mol. The minimum Gasteiger partial charge on any atom is -0.494 e. The monoisotopic (exact) mass is 356 g/mol. The fraction of sp³-hybridized carbons (Fsp3) is 0.250. The van der Waals surface area contributed by atoms with Crippen LogP contribution in [0.3, 0.4) is 0 Å². The number of rotatable bonds is 7. The minimum atomic E-state index is -0.207. The highest BCUT2D eigenvalue weighted by Crippen LogP contribution is 2.15. The lowest BCUT2D eigenvalue weighted by Crippen LogP contribution is -2.36. The molecule has 0 atom stereocenters. The molecule has 0 bridgehead atoms. The first-order valence-electron chi connectivity index (χ1n) is 8.18. The number of amides is 2. The van der Waals surface area contributed by atoms with E-state index in [2.05, 4.69) is 22.5 Å². The molecule has 2 amide bonds. The summed E-state index contributed by atoms with van der Waals surface area (Å²) < 4.78 is 5.58. The third-order valence-corrected chi connectivity index (χ3v) is 3.53. The van der Waals surface area contributed by atoms with E-state index in [0.29, 0.717) is 24.7 Å². The Morgan fingerprint density at radius 3 is 2.52 bits per heavy atom. The van der Waals surface area contributed by atoms with E-state index in [4.69, 9.17) is 16.3 Å². The number of urea groups is 1. The van der Waals surface area contributed by atoms with Gasteiger partial charge in [0.2, 0.25) is 0 Å². The molecule has 0 aromatic heterocycles. The van der Waals surface area contributed by atoms with Crippen molar-refractivity contribution in [2.45, 2.75) is 12.8 Å². The molecule has 0 radical (unpaired) electrons. The minimum absolute atomic E-state index is 0.207. The Kier molecular flexibility index (Phi) is 8.23. The van der Waals surface area contributed by atoms with Gasteiger partial charge in [-0.25, -0.2) is 4.79 Å². The van der Waals surface area contributed by atoms with Crippen LogP contribution in [0.2, 0.25) is 5.02 Å². The van der Waals surface area contributed by atoms with Crippen LogP contribution in [0.15, 0.2) is 54.6 Å². The zero-order valence-corrected chi connectivity index (χ0v) is 14.7. The van der Waals surface area contributed by atoms with Gasteiger partial charge in [0.05, 0.1) is 13.2 Å². The summed E-state index contributed by atoms with van der Waals surface area (Å²) in [5.41, 5.74) is 0.936. The summed E-state index contributed by atoms with van der Waals surface area (Å²) in [5, 5.41) is 6.19. The Hall–Kier alpha value is -2.64. The Morgan fingerprint density at radius 1 is 1.00 bits per heavy atom. The lowest BCUT2D eigenvalue weighted by Gasteiger charge is -2.07. The molecule has 0 fully saturated rings. The van der Waals surface area contributed by atoms with Crippen molar-refractivity contribution >= 4 is 17.6 Å². The molecule has 0 unspecified atom stereocenters. The molecule has 2 aromatic carbocycles. The van der Waals surface area contributed by atoms with Gasteiger partial charge in [0.15, 0.2) is 0 Å². The smallest absolute Gasteiger partial charge is 0.315 e. The average Bonchev–Trinajstić information content (AvgIpc) is 2.64. The Labute approximate surface area is 153 Å². The summed E-state index contributed by atoms with van der Waals surface area (Å²) in [6, 6.07) is 16.7. The van der Waals surface area contributed by atoms with Crippen molar-refractivity contribution in [3.05, 3.63) is 65.2 Å². The predicted octanol–water partition coefficient (Wildman–Crippen LogP) is 3.85. The molecule has 130 valence electrons. The van der Waals surface area contributed by atoms with Gasteiger partial charge in [0, 0.05) is 17.1 Å². The van der Waals surface area contributed by atoms with Crippen molar-refractivity contribution in [3.8, 4) is 17.6 Å². The molecule has 0 saturated carbocycles. The summed E-state index contributed by atoms with van der Waals surface area (Å²) in [5.74, 6) is 6.70. The van der Waals surface area contributed by atoms with E-state index < -0.39 is 0 Å². The number of hydrogen-bond acceptors (Lipinski definition) is 2. The summed E-state index contributed by atoms with van der Waals surface area (Å²) in [6.07, 6.45) is 1.70. The van der Waals surface area contributed by atoms with Crippen LogP contribution in [0.25, 0.3) is 0 Å². The van der Waals surface area contributed by atoms with Gasteiger partial charge in [-0.3, -0.25) is 0 Å². The summed E-state index contributed by atoms with van der Waals surface area (Å²) in [7, 11) is 0. The second kappa shape index (κ2) is 11.0. The predicted molar refractivity (Wildman–Crippen MR) is 101 cm³/mol. The first kappa shape index (κ1) is 18.7. The lowest BCUT2D eigenvalue weighted by atomic mass is 10.2. The van der Waals surface area contributed by atoms with Crippen molar-refractivity contribution in [1.29, 1.82) is 0 Å². The molecule has 2 N–H and O–H groups in total. The number of carbonyl (C=O) groups excluding carboxylic acids is 1. The normalized spacial score (nSPS) is 9.64. The van der Waals surface area contributed by atoms with E-state index in [-0.39, 0.29) is 6.03 Å². The number of halogens is 1. The summed E-state index contributed by atoms with van der Waals surface area (Å²) in [6.45, 7) is 1.52. The van der Waals surface area contributed by atoms with E-state index in [0.717, 1.165) is 24.2 Å². The van der Waals surface area contributed by atoms with Gasteiger partial charge in [0.25, 0.3) is 0 Å². The molecule has 0 saturated heterocycles. The standard InChI is InChI=1S/C20H21ClN2O2/c21-18-10-12-19(13-11-18)25-16-5-4-14-22-20(24)23-15-6-9-17-7-2-1-3-8-17/h1-3,7-8,10-13H,4-5,14-16H2,(H2,22,23,24). The zero-order valence-electron chi connectivity index (χ0n) is 13.9. The van der Waals surface area contributed by atoms with Crippen molar-refractivity contribution in [3.63, 3.8) is 0 Å². The molecule has 0 aliphatic rings. The van der Waals surface area contributed by atoms with Crippen molar-refractivity contribution in [1.82, 2.24) is 10.6 Å². The topological polar surface area (TPSA) is 50.4 Å². The van der Waals surface area contributed by atoms with Crippen molar-refractivity contribution in [2.24, 2.45) is 0 Å². The van der Waals surface area contributed by atoms with Gasteiger partial charge in [-0.2, -0.15) is 0 Å². The molecule has 0 aliphatic carbocycles. The van der Waals surface area contributed by atoms with Crippen LogP contribution in [0.5, 0.6) is 5.75 Å². The second-order valence-corrected chi connectivity index (χ2v) is 5.72. The molecular weight excluding hydrogens is 336 g/mol. The third-order valence-electron chi connectivity index (χ3n) is 3.28. The molecule has 0 aliphatic heterocycles. The van der Waals surface area contributed by atoms with Gasteiger partial charge >= 0.3 is 6.03 Å². The van der Waals surface area contributed by atoms with Crippen LogP contribution in [0.4, 0.5) is 4.79 Å². The fourth-order valence-electron chi connectivity index (χ4n) is 2.00. The summed E-state index contributed by atoms with van der Waals surface area (Å²) in [4.78, 5) is 11.6. The van der Waals surface area contributed by atoms with Gasteiger partial charge in [-0.05, 0) is 49.2 Å². The SMILES string of the molecule is O=C(NCC#Cc1ccccc1)NCCCCOc1ccc(Cl)cc1. The first-order chi connectivity index (χ1) is 12.2. The molecule has 25 heavy (non-hydrogen) atoms. The van der Waals surface area contributed by atoms with Gasteiger partial charge in [-0.15, -0.1) is 0 Å². The second-order valence-electron chi connectivity index (χ2n) is 5.29. The van der Waals surface area contributed by atoms with Crippen LogP contribution >= 0.6 is 11.6 Å². The van der Waals surface area contributed by atoms with Crippen LogP contribution in [0, 0.1) is 11.8 Å². The molecule has 0 heterocycles. The lowest BCUT2D eigenvalue weighted by molar-refractivity contribution is 0.241. The number of benzene rings is 2. The molecule has 0 spiro atoms. The van der Waals surface area contributed by atoms with Gasteiger partial charge in [0.1, 0.15) is 5.75 Å². The fourth-order valence-corrected chi connectivity index (χ4v) is 2.13. The van der Waals surface area contributed by atoms with E-state index in [1.54, 1.807) is 12.1 Å². The maximum absolute atomic E-state index is 11.6. The molecule has 2 aromatic rings. The Bertz CT molecular complexity index is 706. The number of ether oxygens (including phenoxy) is 1. The van der Waals surface area contributed by atoms with E-state index in [9.17, 15) is 4.79 Å². The highest BCUT2D eigenvalue weighted by molar-refractivity contribution is 6.30.